The Hall–Kier alpha value is -1.40. The number of fused-ring (bicyclic) bond motifs is 1. The summed E-state index contributed by atoms with van der Waals surface area (Å²) in [4.78, 5) is 22.9. The lowest BCUT2D eigenvalue weighted by Gasteiger charge is -2.04. The number of imidazole rings is 1. The Morgan fingerprint density at radius 3 is 2.94 bits per heavy atom. The first kappa shape index (κ1) is 13.0. The Labute approximate surface area is 113 Å². The molecule has 18 heavy (non-hydrogen) atoms. The Morgan fingerprint density at radius 2 is 2.22 bits per heavy atom. The zero-order chi connectivity index (χ0) is 13.1. The van der Waals surface area contributed by atoms with Crippen molar-refractivity contribution < 1.29 is 9.53 Å². The first-order chi connectivity index (χ1) is 8.61. The molecule has 2 rings (SSSR count). The number of hydrogen-bond donors (Lipinski definition) is 0. The normalized spacial score (nSPS) is 10.8. The van der Waals surface area contributed by atoms with Gasteiger partial charge in [0.05, 0.1) is 13.4 Å². The highest BCUT2D eigenvalue weighted by Crippen LogP contribution is 2.21. The standard InChI is InChI=1S/C10H10Cl2N4O2/c1-18-6(17)3-2-4-16-5-13-9-7(16)8(11)14-10(12)15-9/h5H,2-4H2,1H3. The summed E-state index contributed by atoms with van der Waals surface area (Å²) in [6, 6.07) is 0. The minimum absolute atomic E-state index is 0.0623. The van der Waals surface area contributed by atoms with Gasteiger partial charge in [-0.1, -0.05) is 11.6 Å². The topological polar surface area (TPSA) is 69.9 Å². The molecule has 0 spiro atoms. The van der Waals surface area contributed by atoms with Crippen LogP contribution in [-0.2, 0) is 16.1 Å². The fourth-order valence-corrected chi connectivity index (χ4v) is 2.06. The molecule has 0 unspecified atom stereocenters. The van der Waals surface area contributed by atoms with E-state index in [-0.39, 0.29) is 16.4 Å². The van der Waals surface area contributed by atoms with Gasteiger partial charge in [-0.2, -0.15) is 4.98 Å². The van der Waals surface area contributed by atoms with Crippen LogP contribution in [0.2, 0.25) is 10.4 Å². The van der Waals surface area contributed by atoms with E-state index in [2.05, 4.69) is 19.7 Å². The van der Waals surface area contributed by atoms with Crippen LogP contribution in [0.15, 0.2) is 6.33 Å². The number of nitrogens with zero attached hydrogens (tertiary/aromatic N) is 4. The third-order valence-corrected chi connectivity index (χ3v) is 2.84. The fraction of sp³-hybridized carbons (Fsp3) is 0.400. The predicted molar refractivity (Wildman–Crippen MR) is 66.6 cm³/mol. The number of aryl methyl sites for hydroxylation is 1. The van der Waals surface area contributed by atoms with Crippen LogP contribution in [0.25, 0.3) is 11.2 Å². The van der Waals surface area contributed by atoms with Gasteiger partial charge in [0.25, 0.3) is 0 Å². The predicted octanol–water partition coefficient (Wildman–Crippen LogP) is 2.09. The molecule has 2 aromatic rings. The molecule has 0 aliphatic rings. The lowest BCUT2D eigenvalue weighted by molar-refractivity contribution is -0.140. The number of methoxy groups -OCH3 is 1. The molecule has 0 radical (unpaired) electrons. The molecule has 0 aliphatic heterocycles. The molecule has 96 valence electrons. The van der Waals surface area contributed by atoms with E-state index in [1.54, 1.807) is 10.9 Å². The summed E-state index contributed by atoms with van der Waals surface area (Å²) in [5.41, 5.74) is 1.06. The van der Waals surface area contributed by atoms with Crippen molar-refractivity contribution in [1.82, 2.24) is 19.5 Å². The van der Waals surface area contributed by atoms with Gasteiger partial charge >= 0.3 is 5.97 Å². The van der Waals surface area contributed by atoms with E-state index < -0.39 is 0 Å². The molecule has 0 aliphatic carbocycles. The second-order valence-corrected chi connectivity index (χ2v) is 4.27. The van der Waals surface area contributed by atoms with Gasteiger partial charge in [0.1, 0.15) is 5.52 Å². The fourth-order valence-electron chi connectivity index (χ4n) is 1.58. The van der Waals surface area contributed by atoms with Gasteiger partial charge in [-0.25, -0.2) is 9.97 Å². The molecule has 0 saturated heterocycles. The quantitative estimate of drug-likeness (QED) is 0.489. The van der Waals surface area contributed by atoms with Gasteiger partial charge in [0.2, 0.25) is 5.28 Å². The van der Waals surface area contributed by atoms with E-state index in [4.69, 9.17) is 23.2 Å². The second-order valence-electron chi connectivity index (χ2n) is 3.57. The summed E-state index contributed by atoms with van der Waals surface area (Å²) in [6.07, 6.45) is 2.55. The minimum Gasteiger partial charge on any atom is -0.469 e. The van der Waals surface area contributed by atoms with Gasteiger partial charge < -0.3 is 9.30 Å². The van der Waals surface area contributed by atoms with E-state index in [9.17, 15) is 4.79 Å². The molecular formula is C10H10Cl2N4O2. The van der Waals surface area contributed by atoms with E-state index in [0.29, 0.717) is 30.6 Å². The van der Waals surface area contributed by atoms with E-state index in [0.717, 1.165) is 0 Å². The van der Waals surface area contributed by atoms with Crippen molar-refractivity contribution in [2.45, 2.75) is 19.4 Å². The third-order valence-electron chi connectivity index (χ3n) is 2.41. The molecule has 0 saturated carbocycles. The van der Waals surface area contributed by atoms with Crippen molar-refractivity contribution in [3.8, 4) is 0 Å². The summed E-state index contributed by atoms with van der Waals surface area (Å²) >= 11 is 11.7. The summed E-state index contributed by atoms with van der Waals surface area (Å²) in [7, 11) is 1.36. The molecule has 0 fully saturated rings. The number of halogens is 2. The first-order valence-corrected chi connectivity index (χ1v) is 5.98. The maximum atomic E-state index is 11.0. The number of aromatic nitrogens is 4. The zero-order valence-corrected chi connectivity index (χ0v) is 11.1. The zero-order valence-electron chi connectivity index (χ0n) is 9.56. The Balaban J connectivity index is 2.17. The Kier molecular flexibility index (Phi) is 3.98. The van der Waals surface area contributed by atoms with E-state index in [1.807, 2.05) is 0 Å². The maximum absolute atomic E-state index is 11.0. The molecule has 2 heterocycles. The van der Waals surface area contributed by atoms with Crippen molar-refractivity contribution in [1.29, 1.82) is 0 Å². The molecule has 6 nitrogen and oxygen atoms in total. The van der Waals surface area contributed by atoms with Crippen LogP contribution in [0.3, 0.4) is 0 Å². The highest BCUT2D eigenvalue weighted by Gasteiger charge is 2.11. The first-order valence-electron chi connectivity index (χ1n) is 5.22. The molecule has 0 N–H and O–H groups in total. The van der Waals surface area contributed by atoms with E-state index >= 15 is 0 Å². The number of carbonyl (C=O) groups excluding carboxylic acids is 1. The van der Waals surface area contributed by atoms with Gasteiger partial charge in [0.15, 0.2) is 10.8 Å². The number of esters is 1. The van der Waals surface area contributed by atoms with Gasteiger partial charge in [0, 0.05) is 13.0 Å². The van der Waals surface area contributed by atoms with E-state index in [1.165, 1.54) is 7.11 Å². The van der Waals surface area contributed by atoms with Gasteiger partial charge in [-0.15, -0.1) is 0 Å². The average Bonchev–Trinajstić information content (AvgIpc) is 2.72. The Morgan fingerprint density at radius 1 is 1.44 bits per heavy atom. The monoisotopic (exact) mass is 288 g/mol. The Bertz CT molecular complexity index is 585. The molecule has 0 aromatic carbocycles. The van der Waals surface area contributed by atoms with Crippen molar-refractivity contribution >= 4 is 40.3 Å². The molecule has 0 atom stereocenters. The van der Waals surface area contributed by atoms with Crippen LogP contribution in [0.1, 0.15) is 12.8 Å². The average molecular weight is 289 g/mol. The highest BCUT2D eigenvalue weighted by molar-refractivity contribution is 6.35. The van der Waals surface area contributed by atoms with Crippen LogP contribution >= 0.6 is 23.2 Å². The van der Waals surface area contributed by atoms with Crippen LogP contribution in [-0.4, -0.2) is 32.6 Å². The number of carbonyl (C=O) groups is 1. The third kappa shape index (κ3) is 2.70. The van der Waals surface area contributed by atoms with Crippen LogP contribution < -0.4 is 0 Å². The lowest BCUT2D eigenvalue weighted by Crippen LogP contribution is -2.04. The van der Waals surface area contributed by atoms with Crippen molar-refractivity contribution in [2.24, 2.45) is 0 Å². The second kappa shape index (κ2) is 5.49. The van der Waals surface area contributed by atoms with Gasteiger partial charge in [-0.3, -0.25) is 4.79 Å². The molecular weight excluding hydrogens is 279 g/mol. The molecule has 0 bridgehead atoms. The smallest absolute Gasteiger partial charge is 0.305 e. The molecule has 8 heteroatoms. The number of rotatable bonds is 4. The SMILES string of the molecule is COC(=O)CCCn1cnc2nc(Cl)nc(Cl)c21. The van der Waals surface area contributed by atoms with Crippen LogP contribution in [0, 0.1) is 0 Å². The van der Waals surface area contributed by atoms with Crippen molar-refractivity contribution in [3.05, 3.63) is 16.8 Å². The van der Waals surface area contributed by atoms with Crippen LogP contribution in [0.5, 0.6) is 0 Å². The highest BCUT2D eigenvalue weighted by atomic mass is 35.5. The summed E-state index contributed by atoms with van der Waals surface area (Å²) in [5.74, 6) is -0.246. The minimum atomic E-state index is -0.246. The summed E-state index contributed by atoms with van der Waals surface area (Å²) in [6.45, 7) is 0.580. The number of hydrogen-bond acceptors (Lipinski definition) is 5. The van der Waals surface area contributed by atoms with Crippen molar-refractivity contribution in [3.63, 3.8) is 0 Å². The lowest BCUT2D eigenvalue weighted by atomic mass is 10.3. The maximum Gasteiger partial charge on any atom is 0.305 e. The van der Waals surface area contributed by atoms with Crippen LogP contribution in [0.4, 0.5) is 0 Å². The van der Waals surface area contributed by atoms with Crippen molar-refractivity contribution in [2.75, 3.05) is 7.11 Å². The van der Waals surface area contributed by atoms with Gasteiger partial charge in [-0.05, 0) is 18.0 Å². The largest absolute Gasteiger partial charge is 0.469 e. The number of ether oxygens (including phenoxy) is 1. The summed E-state index contributed by atoms with van der Waals surface area (Å²) in [5, 5.41) is 0.313. The molecule has 2 aromatic heterocycles. The summed E-state index contributed by atoms with van der Waals surface area (Å²) < 4.78 is 6.35. The molecule has 0 amide bonds.